The van der Waals surface area contributed by atoms with Gasteiger partial charge in [0.25, 0.3) is 5.92 Å². The fourth-order valence-corrected chi connectivity index (χ4v) is 1.19. The highest BCUT2D eigenvalue weighted by molar-refractivity contribution is 4.90. The molecule has 1 aliphatic rings. The third-order valence-electron chi connectivity index (χ3n) is 1.66. The highest BCUT2D eigenvalue weighted by atomic mass is 19.3. The summed E-state index contributed by atoms with van der Waals surface area (Å²) in [5.74, 6) is -2.72. The molecule has 1 atom stereocenters. The Morgan fingerprint density at radius 3 is 2.33 bits per heavy atom. The van der Waals surface area contributed by atoms with E-state index in [0.29, 0.717) is 0 Å². The standard InChI is InChI=1S/C8H15F2NO/c1-7(2,3)12-6-4-11-5-8(6,9)10/h6,11H,4-5H2,1-3H3. The number of hydrogen-bond donors (Lipinski definition) is 1. The molecule has 1 unspecified atom stereocenters. The maximum absolute atomic E-state index is 13.0. The first-order valence-corrected chi connectivity index (χ1v) is 4.08. The SMILES string of the molecule is CC(C)(C)OC1CNCC1(F)F. The predicted molar refractivity (Wildman–Crippen MR) is 42.4 cm³/mol. The minimum Gasteiger partial charge on any atom is -0.365 e. The first kappa shape index (κ1) is 9.86. The van der Waals surface area contributed by atoms with Gasteiger partial charge in [-0.15, -0.1) is 0 Å². The third kappa shape index (κ3) is 2.38. The molecule has 1 aliphatic heterocycles. The Morgan fingerprint density at radius 2 is 2.00 bits per heavy atom. The second kappa shape index (κ2) is 2.92. The van der Waals surface area contributed by atoms with Crippen molar-refractivity contribution in [3.8, 4) is 0 Å². The molecule has 0 aromatic carbocycles. The summed E-state index contributed by atoms with van der Waals surface area (Å²) in [6.45, 7) is 5.31. The van der Waals surface area contributed by atoms with Crippen molar-refractivity contribution in [2.45, 2.75) is 38.4 Å². The summed E-state index contributed by atoms with van der Waals surface area (Å²) < 4.78 is 31.1. The normalized spacial score (nSPS) is 29.2. The van der Waals surface area contributed by atoms with Gasteiger partial charge in [-0.2, -0.15) is 0 Å². The van der Waals surface area contributed by atoms with Gasteiger partial charge in [0.05, 0.1) is 12.1 Å². The Labute approximate surface area is 71.3 Å². The van der Waals surface area contributed by atoms with Crippen LogP contribution in [-0.4, -0.2) is 30.7 Å². The van der Waals surface area contributed by atoms with E-state index < -0.39 is 17.6 Å². The van der Waals surface area contributed by atoms with Crippen LogP contribution >= 0.6 is 0 Å². The maximum atomic E-state index is 13.0. The average Bonchev–Trinajstić information content (AvgIpc) is 2.07. The van der Waals surface area contributed by atoms with Crippen molar-refractivity contribution in [1.82, 2.24) is 5.32 Å². The van der Waals surface area contributed by atoms with Gasteiger partial charge < -0.3 is 10.1 Å². The molecule has 1 rings (SSSR count). The number of rotatable bonds is 1. The van der Waals surface area contributed by atoms with Crippen molar-refractivity contribution in [2.75, 3.05) is 13.1 Å². The Balaban J connectivity index is 2.53. The molecule has 0 saturated carbocycles. The fraction of sp³-hybridized carbons (Fsp3) is 1.00. The molecule has 0 aliphatic carbocycles. The molecule has 0 aromatic heterocycles. The van der Waals surface area contributed by atoms with Crippen LogP contribution in [0.25, 0.3) is 0 Å². The number of halogens is 2. The summed E-state index contributed by atoms with van der Waals surface area (Å²) in [6.07, 6.45) is -0.975. The third-order valence-corrected chi connectivity index (χ3v) is 1.66. The van der Waals surface area contributed by atoms with E-state index in [1.54, 1.807) is 20.8 Å². The molecule has 1 saturated heterocycles. The summed E-state index contributed by atoms with van der Waals surface area (Å²) >= 11 is 0. The van der Waals surface area contributed by atoms with Gasteiger partial charge >= 0.3 is 0 Å². The van der Waals surface area contributed by atoms with Gasteiger partial charge in [-0.3, -0.25) is 0 Å². The van der Waals surface area contributed by atoms with E-state index in [0.717, 1.165) is 0 Å². The highest BCUT2D eigenvalue weighted by Gasteiger charge is 2.46. The van der Waals surface area contributed by atoms with E-state index in [1.807, 2.05) is 0 Å². The van der Waals surface area contributed by atoms with Crippen LogP contribution in [0.3, 0.4) is 0 Å². The number of hydrogen-bond acceptors (Lipinski definition) is 2. The topological polar surface area (TPSA) is 21.3 Å². The lowest BCUT2D eigenvalue weighted by atomic mass is 10.1. The van der Waals surface area contributed by atoms with Crippen molar-refractivity contribution in [1.29, 1.82) is 0 Å². The molecule has 0 amide bonds. The number of ether oxygens (including phenoxy) is 1. The molecule has 1 heterocycles. The minimum atomic E-state index is -2.72. The van der Waals surface area contributed by atoms with Crippen molar-refractivity contribution in [2.24, 2.45) is 0 Å². The van der Waals surface area contributed by atoms with Crippen LogP contribution in [0.2, 0.25) is 0 Å². The molecule has 72 valence electrons. The Hall–Kier alpha value is -0.220. The zero-order valence-corrected chi connectivity index (χ0v) is 7.66. The summed E-state index contributed by atoms with van der Waals surface area (Å²) in [5.41, 5.74) is -0.500. The minimum absolute atomic E-state index is 0.240. The van der Waals surface area contributed by atoms with Crippen LogP contribution in [0, 0.1) is 0 Å². The molecule has 1 N–H and O–H groups in total. The van der Waals surface area contributed by atoms with Crippen LogP contribution in [0.5, 0.6) is 0 Å². The monoisotopic (exact) mass is 179 g/mol. The first-order valence-electron chi connectivity index (χ1n) is 4.08. The van der Waals surface area contributed by atoms with Crippen LogP contribution in [-0.2, 0) is 4.74 Å². The van der Waals surface area contributed by atoms with Crippen LogP contribution in [0.15, 0.2) is 0 Å². The molecular weight excluding hydrogens is 164 g/mol. The van der Waals surface area contributed by atoms with E-state index in [-0.39, 0.29) is 13.1 Å². The fourth-order valence-electron chi connectivity index (χ4n) is 1.19. The van der Waals surface area contributed by atoms with Crippen molar-refractivity contribution in [3.63, 3.8) is 0 Å². The molecule has 4 heteroatoms. The molecule has 0 radical (unpaired) electrons. The first-order chi connectivity index (χ1) is 5.31. The Morgan fingerprint density at radius 1 is 1.42 bits per heavy atom. The van der Waals surface area contributed by atoms with Crippen LogP contribution < -0.4 is 5.32 Å². The quantitative estimate of drug-likeness (QED) is 0.657. The van der Waals surface area contributed by atoms with Gasteiger partial charge in [-0.25, -0.2) is 8.78 Å². The van der Waals surface area contributed by atoms with Gasteiger partial charge in [0, 0.05) is 6.54 Å². The smallest absolute Gasteiger partial charge is 0.287 e. The lowest BCUT2D eigenvalue weighted by Crippen LogP contribution is -2.39. The van der Waals surface area contributed by atoms with E-state index in [2.05, 4.69) is 5.32 Å². The zero-order valence-electron chi connectivity index (χ0n) is 7.66. The number of nitrogens with one attached hydrogen (secondary N) is 1. The largest absolute Gasteiger partial charge is 0.365 e. The lowest BCUT2D eigenvalue weighted by Gasteiger charge is -2.27. The van der Waals surface area contributed by atoms with E-state index in [4.69, 9.17) is 4.74 Å². The maximum Gasteiger partial charge on any atom is 0.287 e. The predicted octanol–water partition coefficient (Wildman–Crippen LogP) is 1.41. The van der Waals surface area contributed by atoms with Gasteiger partial charge in [0.2, 0.25) is 0 Å². The summed E-state index contributed by atoms with van der Waals surface area (Å²) in [7, 11) is 0. The molecule has 1 fully saturated rings. The van der Waals surface area contributed by atoms with Crippen molar-refractivity contribution < 1.29 is 13.5 Å². The van der Waals surface area contributed by atoms with E-state index >= 15 is 0 Å². The second-order valence-corrected chi connectivity index (χ2v) is 4.11. The van der Waals surface area contributed by atoms with Gasteiger partial charge in [-0.05, 0) is 20.8 Å². The van der Waals surface area contributed by atoms with Crippen LogP contribution in [0.4, 0.5) is 8.78 Å². The van der Waals surface area contributed by atoms with Gasteiger partial charge in [0.1, 0.15) is 6.10 Å². The molecule has 0 bridgehead atoms. The van der Waals surface area contributed by atoms with Crippen LogP contribution in [0.1, 0.15) is 20.8 Å². The molecule has 2 nitrogen and oxygen atoms in total. The van der Waals surface area contributed by atoms with E-state index in [1.165, 1.54) is 0 Å². The Kier molecular flexibility index (Phi) is 2.40. The molecule has 0 aromatic rings. The summed E-state index contributed by atoms with van der Waals surface area (Å²) in [4.78, 5) is 0. The number of alkyl halides is 2. The lowest BCUT2D eigenvalue weighted by molar-refractivity contribution is -0.153. The van der Waals surface area contributed by atoms with Gasteiger partial charge in [0.15, 0.2) is 0 Å². The van der Waals surface area contributed by atoms with Crippen molar-refractivity contribution >= 4 is 0 Å². The Bertz CT molecular complexity index is 165. The van der Waals surface area contributed by atoms with Gasteiger partial charge in [-0.1, -0.05) is 0 Å². The summed E-state index contributed by atoms with van der Waals surface area (Å²) in [6, 6.07) is 0. The molecule has 0 spiro atoms. The van der Waals surface area contributed by atoms with E-state index in [9.17, 15) is 8.78 Å². The average molecular weight is 179 g/mol. The molecular formula is C8H15F2NO. The van der Waals surface area contributed by atoms with Crippen molar-refractivity contribution in [3.05, 3.63) is 0 Å². The second-order valence-electron chi connectivity index (χ2n) is 4.11. The summed E-state index contributed by atoms with van der Waals surface area (Å²) in [5, 5.41) is 2.61. The zero-order chi connectivity index (χ0) is 9.41. The molecule has 12 heavy (non-hydrogen) atoms. The highest BCUT2D eigenvalue weighted by Crippen LogP contribution is 2.27.